The quantitative estimate of drug-likeness (QED) is 0.700. The van der Waals surface area contributed by atoms with E-state index in [0.29, 0.717) is 5.75 Å². The molecule has 1 aromatic heterocycles. The van der Waals surface area contributed by atoms with Crippen molar-refractivity contribution in [3.63, 3.8) is 0 Å². The van der Waals surface area contributed by atoms with Gasteiger partial charge >= 0.3 is 0 Å². The average molecular weight is 190 g/mol. The molecule has 2 rings (SSSR count). The predicted molar refractivity (Wildman–Crippen MR) is 56.7 cm³/mol. The molecule has 3 heteroatoms. The molecule has 1 N–H and O–H groups in total. The maximum Gasteiger partial charge on any atom is 0.0923 e. The molecule has 1 aromatic carbocycles. The molecule has 0 saturated heterocycles. The summed E-state index contributed by atoms with van der Waals surface area (Å²) >= 11 is 4.16. The van der Waals surface area contributed by atoms with Gasteiger partial charge in [0.2, 0.25) is 0 Å². The van der Waals surface area contributed by atoms with E-state index in [1.807, 2.05) is 36.4 Å². The van der Waals surface area contributed by atoms with E-state index in [9.17, 15) is 0 Å². The zero-order chi connectivity index (χ0) is 9.10. The molecule has 0 fully saturated rings. The fraction of sp³-hybridized carbons (Fsp3) is 0.100. The zero-order valence-corrected chi connectivity index (χ0v) is 7.96. The Hall–Kier alpha value is -1.22. The number of benzene rings is 1. The average Bonchev–Trinajstić information content (AvgIpc) is 2.67. The lowest BCUT2D eigenvalue weighted by Gasteiger charge is -1.92. The van der Waals surface area contributed by atoms with Crippen LogP contribution in [0.3, 0.4) is 0 Å². The Kier molecular flexibility index (Phi) is 2.36. The number of H-pyrrole nitrogens is 1. The summed E-state index contributed by atoms with van der Waals surface area (Å²) in [4.78, 5) is 0. The third kappa shape index (κ3) is 1.75. The summed E-state index contributed by atoms with van der Waals surface area (Å²) in [5, 5.41) is 7.11. The summed E-state index contributed by atoms with van der Waals surface area (Å²) in [6.45, 7) is 0. The molecule has 0 aliphatic rings. The van der Waals surface area contributed by atoms with Crippen molar-refractivity contribution in [2.75, 3.05) is 0 Å². The number of nitrogens with one attached hydrogen (secondary N) is 1. The van der Waals surface area contributed by atoms with Crippen LogP contribution in [0.4, 0.5) is 0 Å². The number of hydrogen-bond donors (Lipinski definition) is 2. The van der Waals surface area contributed by atoms with Gasteiger partial charge in [-0.05, 0) is 6.07 Å². The molecule has 0 aliphatic carbocycles. The molecular formula is C10H10N2S. The number of thiol groups is 1. The van der Waals surface area contributed by atoms with Gasteiger partial charge in [0, 0.05) is 17.0 Å². The Balaban J connectivity index is 2.36. The van der Waals surface area contributed by atoms with Crippen LogP contribution >= 0.6 is 12.6 Å². The number of aromatic nitrogens is 2. The monoisotopic (exact) mass is 190 g/mol. The zero-order valence-electron chi connectivity index (χ0n) is 7.07. The van der Waals surface area contributed by atoms with Crippen LogP contribution in [0.5, 0.6) is 0 Å². The molecule has 0 amide bonds. The summed E-state index contributed by atoms with van der Waals surface area (Å²) in [6, 6.07) is 12.1. The topological polar surface area (TPSA) is 28.7 Å². The Morgan fingerprint density at radius 3 is 2.62 bits per heavy atom. The van der Waals surface area contributed by atoms with E-state index in [0.717, 1.165) is 17.0 Å². The van der Waals surface area contributed by atoms with Crippen molar-refractivity contribution in [2.24, 2.45) is 0 Å². The first-order valence-electron chi connectivity index (χ1n) is 4.11. The van der Waals surface area contributed by atoms with Gasteiger partial charge in [0.05, 0.1) is 5.69 Å². The van der Waals surface area contributed by atoms with Gasteiger partial charge in [-0.15, -0.1) is 0 Å². The molecule has 0 atom stereocenters. The lowest BCUT2D eigenvalue weighted by atomic mass is 10.1. The minimum Gasteiger partial charge on any atom is -0.281 e. The molecule has 2 aromatic rings. The first-order chi connectivity index (χ1) is 6.40. The highest BCUT2D eigenvalue weighted by atomic mass is 32.1. The summed E-state index contributed by atoms with van der Waals surface area (Å²) < 4.78 is 0. The number of hydrogen-bond acceptors (Lipinski definition) is 2. The van der Waals surface area contributed by atoms with Crippen molar-refractivity contribution in [1.29, 1.82) is 0 Å². The van der Waals surface area contributed by atoms with Gasteiger partial charge in [-0.2, -0.15) is 17.7 Å². The highest BCUT2D eigenvalue weighted by molar-refractivity contribution is 7.79. The minimum absolute atomic E-state index is 0.694. The van der Waals surface area contributed by atoms with Gasteiger partial charge in [-0.25, -0.2) is 0 Å². The molecular weight excluding hydrogens is 180 g/mol. The van der Waals surface area contributed by atoms with Crippen LogP contribution in [0.25, 0.3) is 11.3 Å². The summed E-state index contributed by atoms with van der Waals surface area (Å²) in [5.41, 5.74) is 3.15. The molecule has 13 heavy (non-hydrogen) atoms. The van der Waals surface area contributed by atoms with E-state index in [-0.39, 0.29) is 0 Å². The second-order valence-electron chi connectivity index (χ2n) is 2.80. The van der Waals surface area contributed by atoms with Crippen LogP contribution in [-0.2, 0) is 5.75 Å². The van der Waals surface area contributed by atoms with E-state index in [4.69, 9.17) is 0 Å². The fourth-order valence-electron chi connectivity index (χ4n) is 1.20. The fourth-order valence-corrected chi connectivity index (χ4v) is 1.36. The second-order valence-corrected chi connectivity index (χ2v) is 3.12. The van der Waals surface area contributed by atoms with Crippen LogP contribution in [0.15, 0.2) is 36.4 Å². The van der Waals surface area contributed by atoms with Gasteiger partial charge in [-0.3, -0.25) is 5.10 Å². The van der Waals surface area contributed by atoms with E-state index in [1.165, 1.54) is 0 Å². The number of aromatic amines is 1. The molecule has 0 aliphatic heterocycles. The van der Waals surface area contributed by atoms with Crippen molar-refractivity contribution in [3.8, 4) is 11.3 Å². The van der Waals surface area contributed by atoms with E-state index in [2.05, 4.69) is 22.8 Å². The molecule has 0 bridgehead atoms. The first-order valence-corrected chi connectivity index (χ1v) is 4.74. The summed E-state index contributed by atoms with van der Waals surface area (Å²) in [7, 11) is 0. The highest BCUT2D eigenvalue weighted by Crippen LogP contribution is 2.17. The number of nitrogens with zero attached hydrogens (tertiary/aromatic N) is 1. The van der Waals surface area contributed by atoms with Crippen LogP contribution in [-0.4, -0.2) is 10.2 Å². The Morgan fingerprint density at radius 2 is 2.00 bits per heavy atom. The van der Waals surface area contributed by atoms with Gasteiger partial charge in [0.1, 0.15) is 0 Å². The van der Waals surface area contributed by atoms with Crippen molar-refractivity contribution in [1.82, 2.24) is 10.2 Å². The third-order valence-corrected chi connectivity index (χ3v) is 2.21. The lowest BCUT2D eigenvalue weighted by molar-refractivity contribution is 1.04. The van der Waals surface area contributed by atoms with E-state index >= 15 is 0 Å². The Labute approximate surface area is 82.4 Å². The summed E-state index contributed by atoms with van der Waals surface area (Å²) in [5.74, 6) is 0.694. The van der Waals surface area contributed by atoms with Crippen molar-refractivity contribution < 1.29 is 0 Å². The van der Waals surface area contributed by atoms with Crippen molar-refractivity contribution in [2.45, 2.75) is 5.75 Å². The van der Waals surface area contributed by atoms with Crippen molar-refractivity contribution >= 4 is 12.6 Å². The smallest absolute Gasteiger partial charge is 0.0923 e. The molecule has 0 spiro atoms. The minimum atomic E-state index is 0.694. The molecule has 0 saturated carbocycles. The predicted octanol–water partition coefficient (Wildman–Crippen LogP) is 2.51. The van der Waals surface area contributed by atoms with Gasteiger partial charge < -0.3 is 0 Å². The highest BCUT2D eigenvalue weighted by Gasteiger charge is 2.00. The normalized spacial score (nSPS) is 10.2. The lowest BCUT2D eigenvalue weighted by Crippen LogP contribution is -1.75. The maximum atomic E-state index is 4.18. The second kappa shape index (κ2) is 3.66. The van der Waals surface area contributed by atoms with Gasteiger partial charge in [0.15, 0.2) is 0 Å². The van der Waals surface area contributed by atoms with E-state index < -0.39 is 0 Å². The van der Waals surface area contributed by atoms with Crippen LogP contribution in [0.1, 0.15) is 5.69 Å². The molecule has 66 valence electrons. The third-order valence-electron chi connectivity index (χ3n) is 1.87. The van der Waals surface area contributed by atoms with Crippen molar-refractivity contribution in [3.05, 3.63) is 42.1 Å². The molecule has 0 radical (unpaired) electrons. The van der Waals surface area contributed by atoms with Crippen LogP contribution in [0.2, 0.25) is 0 Å². The van der Waals surface area contributed by atoms with E-state index in [1.54, 1.807) is 0 Å². The maximum absolute atomic E-state index is 4.18. The number of rotatable bonds is 2. The van der Waals surface area contributed by atoms with Gasteiger partial charge in [0.25, 0.3) is 0 Å². The van der Waals surface area contributed by atoms with Crippen LogP contribution < -0.4 is 0 Å². The Morgan fingerprint density at radius 1 is 1.23 bits per heavy atom. The molecule has 0 unspecified atom stereocenters. The largest absolute Gasteiger partial charge is 0.281 e. The first kappa shape index (κ1) is 8.38. The van der Waals surface area contributed by atoms with Gasteiger partial charge in [-0.1, -0.05) is 30.3 Å². The molecule has 2 nitrogen and oxygen atoms in total. The SMILES string of the molecule is SCc1cc(-c2ccccc2)n[nH]1. The standard InChI is InChI=1S/C10H10N2S/c13-7-9-6-10(12-11-9)8-4-2-1-3-5-8/h1-6,13H,7H2,(H,11,12). The molecule has 1 heterocycles. The van der Waals surface area contributed by atoms with Crippen LogP contribution in [0, 0.1) is 0 Å². The Bertz CT molecular complexity index is 381. The summed E-state index contributed by atoms with van der Waals surface area (Å²) in [6.07, 6.45) is 0.